The van der Waals surface area contributed by atoms with Crippen LogP contribution in [0.25, 0.3) is 0 Å². The van der Waals surface area contributed by atoms with Gasteiger partial charge in [-0.25, -0.2) is 0 Å². The Balaban J connectivity index is 1.84. The van der Waals surface area contributed by atoms with Crippen LogP contribution < -0.4 is 0 Å². The molecule has 2 rings (SSSR count). The molecule has 1 aliphatic carbocycles. The van der Waals surface area contributed by atoms with E-state index in [0.717, 1.165) is 12.8 Å². The maximum Gasteiger partial charge on any atom is 0.0299 e. The maximum absolute atomic E-state index is 4.18. The second kappa shape index (κ2) is 7.76. The first-order valence-electron chi connectivity index (χ1n) is 8.73. The zero-order valence-corrected chi connectivity index (χ0v) is 14.8. The Hall–Kier alpha value is -1.37. The van der Waals surface area contributed by atoms with Crippen LogP contribution in [-0.2, 0) is 6.42 Å². The van der Waals surface area contributed by atoms with Gasteiger partial charge < -0.3 is 0 Å². The third-order valence-electron chi connectivity index (χ3n) is 5.10. The molecule has 0 spiro atoms. The molecule has 0 fully saturated rings. The Kier molecular flexibility index (Phi) is 5.99. The second-order valence-electron chi connectivity index (χ2n) is 7.45. The van der Waals surface area contributed by atoms with E-state index in [1.807, 2.05) is 18.5 Å². The topological polar surface area (TPSA) is 12.9 Å². The van der Waals surface area contributed by atoms with Gasteiger partial charge in [-0.1, -0.05) is 42.7 Å². The Bertz CT molecular complexity index is 534. The van der Waals surface area contributed by atoms with E-state index in [2.05, 4.69) is 44.8 Å². The van der Waals surface area contributed by atoms with Crippen molar-refractivity contribution < 1.29 is 0 Å². The first kappa shape index (κ1) is 17.0. The first-order chi connectivity index (χ1) is 10.5. The van der Waals surface area contributed by atoms with Crippen molar-refractivity contribution in [3.05, 3.63) is 52.9 Å². The summed E-state index contributed by atoms with van der Waals surface area (Å²) in [6.45, 7) is 9.48. The lowest BCUT2D eigenvalue weighted by atomic mass is 9.71. The second-order valence-corrected chi connectivity index (χ2v) is 7.45. The van der Waals surface area contributed by atoms with Crippen molar-refractivity contribution in [1.29, 1.82) is 0 Å². The van der Waals surface area contributed by atoms with E-state index in [1.165, 1.54) is 43.2 Å². The molecule has 0 atom stereocenters. The van der Waals surface area contributed by atoms with Gasteiger partial charge in [0.15, 0.2) is 0 Å². The van der Waals surface area contributed by atoms with E-state index in [-0.39, 0.29) is 0 Å². The third-order valence-corrected chi connectivity index (χ3v) is 5.10. The minimum absolute atomic E-state index is 0.415. The van der Waals surface area contributed by atoms with Crippen molar-refractivity contribution in [2.75, 3.05) is 0 Å². The van der Waals surface area contributed by atoms with Crippen molar-refractivity contribution in [3.8, 4) is 0 Å². The highest BCUT2D eigenvalue weighted by Gasteiger charge is 2.27. The summed E-state index contributed by atoms with van der Waals surface area (Å²) in [5.74, 6) is 0. The van der Waals surface area contributed by atoms with Gasteiger partial charge in [0.25, 0.3) is 0 Å². The first-order valence-corrected chi connectivity index (χ1v) is 8.73. The van der Waals surface area contributed by atoms with Gasteiger partial charge in [0.1, 0.15) is 0 Å². The number of aryl methyl sites for hydroxylation is 1. The zero-order chi connectivity index (χ0) is 16.0. The molecule has 1 heteroatoms. The van der Waals surface area contributed by atoms with Gasteiger partial charge in [-0.3, -0.25) is 4.98 Å². The van der Waals surface area contributed by atoms with Gasteiger partial charge in [-0.2, -0.15) is 0 Å². The molecule has 1 aliphatic rings. The van der Waals surface area contributed by atoms with Crippen LogP contribution >= 0.6 is 0 Å². The summed E-state index contributed by atoms with van der Waals surface area (Å²) in [6.07, 6.45) is 14.9. The van der Waals surface area contributed by atoms with Crippen molar-refractivity contribution >= 4 is 0 Å². The molecule has 0 saturated heterocycles. The molecule has 1 aromatic heterocycles. The fraction of sp³-hybridized carbons (Fsp3) is 0.571. The number of rotatable bonds is 6. The van der Waals surface area contributed by atoms with Crippen LogP contribution in [0, 0.1) is 5.41 Å². The SMILES string of the molecule is CC(=CCCc1cccnc1)CCC1=C(C)CCCC1(C)C. The van der Waals surface area contributed by atoms with E-state index in [4.69, 9.17) is 0 Å². The molecule has 0 saturated carbocycles. The third kappa shape index (κ3) is 4.83. The average molecular weight is 297 g/mol. The quantitative estimate of drug-likeness (QED) is 0.564. The van der Waals surface area contributed by atoms with Gasteiger partial charge in [0.05, 0.1) is 0 Å². The molecule has 0 amide bonds. The molecule has 0 radical (unpaired) electrons. The Morgan fingerprint density at radius 3 is 2.82 bits per heavy atom. The normalized spacial score (nSPS) is 18.6. The molecule has 22 heavy (non-hydrogen) atoms. The Labute approximate surface area is 136 Å². The molecule has 1 nitrogen and oxygen atoms in total. The van der Waals surface area contributed by atoms with Crippen LogP contribution in [-0.4, -0.2) is 4.98 Å². The zero-order valence-electron chi connectivity index (χ0n) is 14.8. The molecule has 0 N–H and O–H groups in total. The fourth-order valence-corrected chi connectivity index (χ4v) is 3.68. The fourth-order valence-electron chi connectivity index (χ4n) is 3.68. The van der Waals surface area contributed by atoms with Crippen LogP contribution in [0.15, 0.2) is 47.3 Å². The molecule has 1 aromatic rings. The summed E-state index contributed by atoms with van der Waals surface area (Å²) >= 11 is 0. The largest absolute Gasteiger partial charge is 0.264 e. The number of aromatic nitrogens is 1. The lowest BCUT2D eigenvalue weighted by molar-refractivity contribution is 0.354. The molecule has 1 heterocycles. The van der Waals surface area contributed by atoms with Gasteiger partial charge >= 0.3 is 0 Å². The van der Waals surface area contributed by atoms with E-state index in [9.17, 15) is 0 Å². The number of hydrogen-bond acceptors (Lipinski definition) is 1. The van der Waals surface area contributed by atoms with E-state index < -0.39 is 0 Å². The van der Waals surface area contributed by atoms with E-state index >= 15 is 0 Å². The Morgan fingerprint density at radius 1 is 1.32 bits per heavy atom. The number of hydrogen-bond donors (Lipinski definition) is 0. The standard InChI is InChI=1S/C21H31N/c1-17(8-5-10-19-11-7-15-22-16-19)12-13-20-18(2)9-6-14-21(20,3)4/h7-8,11,15-16H,5-6,9-10,12-14H2,1-4H3. The summed E-state index contributed by atoms with van der Waals surface area (Å²) in [7, 11) is 0. The highest BCUT2D eigenvalue weighted by molar-refractivity contribution is 5.23. The monoisotopic (exact) mass is 297 g/mol. The minimum atomic E-state index is 0.415. The molecule has 0 bridgehead atoms. The van der Waals surface area contributed by atoms with Crippen LogP contribution in [0.2, 0.25) is 0 Å². The van der Waals surface area contributed by atoms with Gasteiger partial charge in [0.2, 0.25) is 0 Å². The van der Waals surface area contributed by atoms with Gasteiger partial charge in [0, 0.05) is 12.4 Å². The van der Waals surface area contributed by atoms with Crippen LogP contribution in [0.1, 0.15) is 71.8 Å². The molecular formula is C21H31N. The minimum Gasteiger partial charge on any atom is -0.264 e. The van der Waals surface area contributed by atoms with Crippen LogP contribution in [0.3, 0.4) is 0 Å². The average Bonchev–Trinajstić information content (AvgIpc) is 2.47. The summed E-state index contributed by atoms with van der Waals surface area (Å²) in [6, 6.07) is 4.18. The summed E-state index contributed by atoms with van der Waals surface area (Å²) in [4.78, 5) is 4.18. The summed E-state index contributed by atoms with van der Waals surface area (Å²) < 4.78 is 0. The lowest BCUT2D eigenvalue weighted by Crippen LogP contribution is -2.20. The molecular weight excluding hydrogens is 266 g/mol. The number of pyridine rings is 1. The summed E-state index contributed by atoms with van der Waals surface area (Å²) in [5.41, 5.74) is 6.65. The molecule has 120 valence electrons. The predicted molar refractivity (Wildman–Crippen MR) is 95.9 cm³/mol. The Morgan fingerprint density at radius 2 is 2.14 bits per heavy atom. The van der Waals surface area contributed by atoms with Crippen LogP contribution in [0.4, 0.5) is 0 Å². The van der Waals surface area contributed by atoms with Crippen molar-refractivity contribution in [1.82, 2.24) is 4.98 Å². The molecule has 0 aliphatic heterocycles. The predicted octanol–water partition coefficient (Wildman–Crippen LogP) is 6.27. The molecule has 0 aromatic carbocycles. The van der Waals surface area contributed by atoms with Crippen LogP contribution in [0.5, 0.6) is 0 Å². The number of nitrogens with zero attached hydrogens (tertiary/aromatic N) is 1. The van der Waals surface area contributed by atoms with Crippen molar-refractivity contribution in [3.63, 3.8) is 0 Å². The highest BCUT2D eigenvalue weighted by Crippen LogP contribution is 2.42. The van der Waals surface area contributed by atoms with E-state index in [0.29, 0.717) is 5.41 Å². The number of allylic oxidation sites excluding steroid dienone is 4. The maximum atomic E-state index is 4.18. The molecule has 0 unspecified atom stereocenters. The van der Waals surface area contributed by atoms with Gasteiger partial charge in [-0.15, -0.1) is 0 Å². The van der Waals surface area contributed by atoms with E-state index in [1.54, 1.807) is 11.1 Å². The highest BCUT2D eigenvalue weighted by atomic mass is 14.6. The van der Waals surface area contributed by atoms with Crippen molar-refractivity contribution in [2.45, 2.75) is 72.6 Å². The summed E-state index contributed by atoms with van der Waals surface area (Å²) in [5, 5.41) is 0. The van der Waals surface area contributed by atoms with Crippen molar-refractivity contribution in [2.24, 2.45) is 5.41 Å². The lowest BCUT2D eigenvalue weighted by Gasteiger charge is -2.35. The van der Waals surface area contributed by atoms with Gasteiger partial charge in [-0.05, 0) is 75.8 Å². The smallest absolute Gasteiger partial charge is 0.0299 e.